The average molecular weight is 180 g/mol. The third kappa shape index (κ3) is 0.669. The Labute approximate surface area is 54.1 Å². The number of hydrogen-bond donors (Lipinski definition) is 0. The van der Waals surface area contributed by atoms with Crippen LogP contribution in [0.5, 0.6) is 0 Å². The predicted molar refractivity (Wildman–Crippen MR) is 20.1 cm³/mol. The predicted octanol–water partition coefficient (Wildman–Crippen LogP) is 1.18. The molecule has 1 fully saturated rings. The molecule has 0 aromatic carbocycles. The molecule has 0 saturated carbocycles. The van der Waals surface area contributed by atoms with E-state index >= 15 is 0 Å². The smallest absolute Gasteiger partial charge is 0.435 e. The molecular weight excluding hydrogens is 180 g/mol. The second-order valence-electron chi connectivity index (χ2n) is 1.57. The van der Waals surface area contributed by atoms with Crippen molar-refractivity contribution in [2.75, 3.05) is 0 Å². The molecule has 0 aliphatic carbocycles. The minimum Gasteiger partial charge on any atom is -0.799 e. The van der Waals surface area contributed by atoms with Crippen molar-refractivity contribution in [2.24, 2.45) is 0 Å². The molecule has 0 aromatic rings. The molecule has 0 atom stereocenters. The van der Waals surface area contributed by atoms with Crippen molar-refractivity contribution in [3.63, 3.8) is 0 Å². The van der Waals surface area contributed by atoms with Gasteiger partial charge in [-0.05, 0) is 0 Å². The Hall–Kier alpha value is -0.0500. The van der Waals surface area contributed by atoms with E-state index in [2.05, 4.69) is 4.18 Å². The van der Waals surface area contributed by atoms with Crippen molar-refractivity contribution in [1.82, 2.24) is 0 Å². The largest absolute Gasteiger partial charge is 0.799 e. The topological polar surface area (TPSA) is 55.3 Å². The van der Waals surface area contributed by atoms with Crippen LogP contribution in [0.1, 0.15) is 0 Å². The Morgan fingerprint density at radius 1 is 1.10 bits per heavy atom. The monoisotopic (exact) mass is 180 g/mol. The summed E-state index contributed by atoms with van der Waals surface area (Å²) in [6, 6.07) is 0. The summed E-state index contributed by atoms with van der Waals surface area (Å²) in [5.41, 5.74) is 0. The van der Waals surface area contributed by atoms with Crippen LogP contribution in [-0.4, -0.2) is 20.5 Å². The van der Waals surface area contributed by atoms with Gasteiger partial charge in [0.1, 0.15) is 0 Å². The van der Waals surface area contributed by atoms with E-state index in [1.165, 1.54) is 0 Å². The van der Waals surface area contributed by atoms with Crippen LogP contribution in [0.15, 0.2) is 0 Å². The van der Waals surface area contributed by atoms with E-state index in [1.54, 1.807) is 0 Å². The van der Waals surface area contributed by atoms with Gasteiger partial charge < -0.3 is 9.11 Å². The molecule has 62 valence electrons. The summed E-state index contributed by atoms with van der Waals surface area (Å²) < 4.78 is 68.2. The van der Waals surface area contributed by atoms with Gasteiger partial charge in [-0.15, -0.1) is 0 Å². The minimum atomic E-state index is -5.35. The van der Waals surface area contributed by atoms with Gasteiger partial charge >= 0.3 is 11.4 Å². The van der Waals surface area contributed by atoms with Crippen molar-refractivity contribution >= 4 is 10.9 Å². The van der Waals surface area contributed by atoms with Crippen molar-refractivity contribution < 1.29 is 30.9 Å². The molecule has 1 heterocycles. The van der Waals surface area contributed by atoms with Crippen molar-refractivity contribution in [3.8, 4) is 0 Å². The molecule has 0 amide bonds. The number of rotatable bonds is 0. The van der Waals surface area contributed by atoms with Gasteiger partial charge in [0.05, 0.1) is 0 Å². The Kier molecular flexibility index (Phi) is 1.27. The number of alkyl halides is 4. The van der Waals surface area contributed by atoms with E-state index in [9.17, 15) is 26.7 Å². The second kappa shape index (κ2) is 1.58. The second-order valence-corrected chi connectivity index (χ2v) is 3.16. The molecule has 0 radical (unpaired) electrons. The third-order valence-electron chi connectivity index (χ3n) is 0.867. The van der Waals surface area contributed by atoms with Gasteiger partial charge in [0.15, 0.2) is 0 Å². The fourth-order valence-electron chi connectivity index (χ4n) is 0.350. The lowest BCUT2D eigenvalue weighted by Crippen LogP contribution is -2.58. The Morgan fingerprint density at radius 3 is 1.50 bits per heavy atom. The molecule has 0 bridgehead atoms. The van der Waals surface area contributed by atoms with Crippen LogP contribution in [0.2, 0.25) is 0 Å². The lowest BCUT2D eigenvalue weighted by Gasteiger charge is -2.67. The SMILES string of the molecule is [O-]S1([O-])OC(F)(F)C1(F)F. The lowest BCUT2D eigenvalue weighted by atomic mass is 10.6. The molecule has 0 spiro atoms. The van der Waals surface area contributed by atoms with Gasteiger partial charge in [-0.25, -0.2) is 10.9 Å². The Bertz CT molecular complexity index is 152. The number of hydrogen-bond acceptors (Lipinski definition) is 3. The first-order valence-electron chi connectivity index (χ1n) is 1.91. The maximum Gasteiger partial charge on any atom is 0.435 e. The quantitative estimate of drug-likeness (QED) is 0.526. The van der Waals surface area contributed by atoms with Crippen LogP contribution in [0, 0.1) is 0 Å². The zero-order valence-electron chi connectivity index (χ0n) is 4.14. The average Bonchev–Trinajstić information content (AvgIpc) is 1.61. The maximum absolute atomic E-state index is 11.6. The van der Waals surface area contributed by atoms with Crippen LogP contribution in [0.3, 0.4) is 0 Å². The van der Waals surface area contributed by atoms with E-state index in [0.29, 0.717) is 0 Å². The molecule has 0 aromatic heterocycles. The van der Waals surface area contributed by atoms with Crippen molar-refractivity contribution in [2.45, 2.75) is 11.4 Å². The van der Waals surface area contributed by atoms with E-state index in [0.717, 1.165) is 0 Å². The van der Waals surface area contributed by atoms with Gasteiger partial charge in [-0.3, -0.25) is 4.18 Å². The summed E-state index contributed by atoms with van der Waals surface area (Å²) in [6.45, 7) is 0. The molecule has 1 aliphatic rings. The molecule has 0 N–H and O–H groups in total. The molecule has 1 rings (SSSR count). The molecule has 0 unspecified atom stereocenters. The maximum atomic E-state index is 11.6. The first kappa shape index (κ1) is 8.05. The minimum absolute atomic E-state index is 2.62. The van der Waals surface area contributed by atoms with Gasteiger partial charge in [-0.1, -0.05) is 0 Å². The van der Waals surface area contributed by atoms with Crippen molar-refractivity contribution in [1.29, 1.82) is 0 Å². The van der Waals surface area contributed by atoms with E-state index in [4.69, 9.17) is 0 Å². The fraction of sp³-hybridized carbons (Fsp3) is 1.00. The fourth-order valence-corrected chi connectivity index (χ4v) is 1.05. The highest BCUT2D eigenvalue weighted by Gasteiger charge is 2.71. The standard InChI is InChI=1S/C2H2F4O3S/c3-1(4)2(5,6)10(7,8)9-1/h7-8H/p-2. The molecule has 8 heteroatoms. The summed E-state index contributed by atoms with van der Waals surface area (Å²) in [6.07, 6.45) is -4.87. The highest BCUT2D eigenvalue weighted by Crippen LogP contribution is 2.73. The van der Waals surface area contributed by atoms with Crippen molar-refractivity contribution in [3.05, 3.63) is 0 Å². The molecule has 1 saturated heterocycles. The summed E-state index contributed by atoms with van der Waals surface area (Å²) in [5, 5.41) is -5.07. The summed E-state index contributed by atoms with van der Waals surface area (Å²) >= 11 is 0. The summed E-state index contributed by atoms with van der Waals surface area (Å²) in [5.74, 6) is 0. The van der Waals surface area contributed by atoms with Gasteiger partial charge in [0, 0.05) is 0 Å². The van der Waals surface area contributed by atoms with Crippen LogP contribution in [0.4, 0.5) is 17.6 Å². The Balaban J connectivity index is 2.85. The summed E-state index contributed by atoms with van der Waals surface area (Å²) in [7, 11) is -5.35. The van der Waals surface area contributed by atoms with E-state index in [1.807, 2.05) is 0 Å². The number of halogens is 4. The molecular formula is C2F4O3S-2. The van der Waals surface area contributed by atoms with Crippen LogP contribution in [0.25, 0.3) is 0 Å². The van der Waals surface area contributed by atoms with Crippen LogP contribution >= 0.6 is 10.9 Å². The Morgan fingerprint density at radius 2 is 1.50 bits per heavy atom. The lowest BCUT2D eigenvalue weighted by molar-refractivity contribution is -0.326. The first-order chi connectivity index (χ1) is 4.21. The van der Waals surface area contributed by atoms with Gasteiger partial charge in [-0.2, -0.15) is 17.6 Å². The summed E-state index contributed by atoms with van der Waals surface area (Å²) in [4.78, 5) is 0. The third-order valence-corrected chi connectivity index (χ3v) is 2.16. The zero-order valence-corrected chi connectivity index (χ0v) is 4.96. The molecule has 10 heavy (non-hydrogen) atoms. The molecule has 3 nitrogen and oxygen atoms in total. The van der Waals surface area contributed by atoms with Crippen LogP contribution < -0.4 is 0 Å². The van der Waals surface area contributed by atoms with Gasteiger partial charge in [0.2, 0.25) is 0 Å². The van der Waals surface area contributed by atoms with Crippen LogP contribution in [-0.2, 0) is 4.18 Å². The highest BCUT2D eigenvalue weighted by atomic mass is 32.3. The van der Waals surface area contributed by atoms with E-state index < -0.39 is 22.2 Å². The zero-order chi connectivity index (χ0) is 8.21. The highest BCUT2D eigenvalue weighted by molar-refractivity contribution is 8.22. The normalized spacial score (nSPS) is 36.2. The first-order valence-corrected chi connectivity index (χ1v) is 3.32. The van der Waals surface area contributed by atoms with E-state index in [-0.39, 0.29) is 0 Å². The van der Waals surface area contributed by atoms with Gasteiger partial charge in [0.25, 0.3) is 0 Å². The molecule has 1 aliphatic heterocycles.